The quantitative estimate of drug-likeness (QED) is 0.402. The lowest BCUT2D eigenvalue weighted by Crippen LogP contribution is -2.42. The molecule has 1 aromatic heterocycles. The summed E-state index contributed by atoms with van der Waals surface area (Å²) in [5.74, 6) is 0.969. The third kappa shape index (κ3) is 6.92. The zero-order valence-electron chi connectivity index (χ0n) is 16.6. The molecular weight excluding hydrogens is 345 g/mol. The third-order valence-electron chi connectivity index (χ3n) is 4.22. The second kappa shape index (κ2) is 10.5. The van der Waals surface area contributed by atoms with E-state index in [1.54, 1.807) is 19.2 Å². The van der Waals surface area contributed by atoms with E-state index < -0.39 is 0 Å². The number of rotatable bonds is 9. The van der Waals surface area contributed by atoms with Crippen molar-refractivity contribution in [2.24, 2.45) is 4.99 Å². The van der Waals surface area contributed by atoms with Crippen LogP contribution < -0.4 is 15.4 Å². The lowest BCUT2D eigenvalue weighted by molar-refractivity contribution is 0.199. The number of ether oxygens (including phenoxy) is 1. The minimum Gasteiger partial charge on any atom is -0.489 e. The van der Waals surface area contributed by atoms with Crippen LogP contribution in [0.4, 0.5) is 4.39 Å². The number of nitrogens with one attached hydrogen (secondary N) is 2. The molecule has 1 aromatic carbocycles. The zero-order valence-corrected chi connectivity index (χ0v) is 16.6. The molecule has 27 heavy (non-hydrogen) atoms. The maximum Gasteiger partial charge on any atom is 0.191 e. The minimum atomic E-state index is -0.296. The van der Waals surface area contributed by atoms with E-state index >= 15 is 0 Å². The minimum absolute atomic E-state index is 0.0694. The van der Waals surface area contributed by atoms with Crippen LogP contribution in [-0.4, -0.2) is 42.0 Å². The first kappa shape index (κ1) is 20.7. The number of aliphatic imine (C=N–C) groups is 1. The van der Waals surface area contributed by atoms with Gasteiger partial charge in [-0.25, -0.2) is 4.39 Å². The van der Waals surface area contributed by atoms with E-state index in [9.17, 15) is 4.39 Å². The summed E-state index contributed by atoms with van der Waals surface area (Å²) in [6.07, 6.45) is 1.68. The number of nitrogens with zero attached hydrogens (tertiary/aromatic N) is 3. The number of hydrogen-bond acceptors (Lipinski definition) is 3. The Bertz CT molecular complexity index is 744. The van der Waals surface area contributed by atoms with E-state index in [4.69, 9.17) is 4.74 Å². The highest BCUT2D eigenvalue weighted by molar-refractivity contribution is 5.79. The topological polar surface area (TPSA) is 63.5 Å². The fraction of sp³-hybridized carbons (Fsp3) is 0.500. The Morgan fingerprint density at radius 1 is 1.30 bits per heavy atom. The maximum absolute atomic E-state index is 13.3. The molecule has 6 nitrogen and oxygen atoms in total. The summed E-state index contributed by atoms with van der Waals surface area (Å²) in [4.78, 5) is 4.24. The van der Waals surface area contributed by atoms with Crippen molar-refractivity contribution in [2.45, 2.75) is 46.3 Å². The molecule has 0 saturated heterocycles. The second-order valence-electron chi connectivity index (χ2n) is 6.49. The molecule has 0 aliphatic heterocycles. The SMILES string of the molecule is CCC(CNC(=NC)NCCCn1nc(C)cc1C)Oc1cccc(F)c1. The maximum atomic E-state index is 13.3. The van der Waals surface area contributed by atoms with Gasteiger partial charge < -0.3 is 15.4 Å². The van der Waals surface area contributed by atoms with E-state index in [0.717, 1.165) is 37.6 Å². The van der Waals surface area contributed by atoms with Crippen LogP contribution in [0.5, 0.6) is 5.75 Å². The first-order valence-electron chi connectivity index (χ1n) is 9.39. The number of benzene rings is 1. The van der Waals surface area contributed by atoms with Gasteiger partial charge in [-0.1, -0.05) is 13.0 Å². The van der Waals surface area contributed by atoms with E-state index in [0.29, 0.717) is 12.3 Å². The second-order valence-corrected chi connectivity index (χ2v) is 6.49. The Kier molecular flexibility index (Phi) is 8.10. The van der Waals surface area contributed by atoms with Crippen molar-refractivity contribution in [2.75, 3.05) is 20.1 Å². The smallest absolute Gasteiger partial charge is 0.191 e. The van der Waals surface area contributed by atoms with Gasteiger partial charge in [0.15, 0.2) is 5.96 Å². The zero-order chi connectivity index (χ0) is 19.6. The molecule has 0 aliphatic carbocycles. The molecule has 2 aromatic rings. The first-order valence-corrected chi connectivity index (χ1v) is 9.39. The van der Waals surface area contributed by atoms with E-state index in [-0.39, 0.29) is 11.9 Å². The van der Waals surface area contributed by atoms with E-state index in [1.165, 1.54) is 17.8 Å². The molecule has 148 valence electrons. The van der Waals surface area contributed by atoms with Crippen LogP contribution in [0.2, 0.25) is 0 Å². The van der Waals surface area contributed by atoms with Gasteiger partial charge in [0, 0.05) is 31.9 Å². The van der Waals surface area contributed by atoms with Crippen LogP contribution in [0.25, 0.3) is 0 Å². The lowest BCUT2D eigenvalue weighted by atomic mass is 10.2. The van der Waals surface area contributed by atoms with Crippen molar-refractivity contribution in [3.05, 3.63) is 47.5 Å². The summed E-state index contributed by atoms with van der Waals surface area (Å²) in [7, 11) is 1.74. The molecule has 2 N–H and O–H groups in total. The normalized spacial score (nSPS) is 12.7. The van der Waals surface area contributed by atoms with Crippen molar-refractivity contribution < 1.29 is 9.13 Å². The first-order chi connectivity index (χ1) is 13.0. The van der Waals surface area contributed by atoms with Gasteiger partial charge >= 0.3 is 0 Å². The number of hydrogen-bond donors (Lipinski definition) is 2. The number of aryl methyl sites for hydroxylation is 3. The summed E-state index contributed by atoms with van der Waals surface area (Å²) in [5, 5.41) is 11.0. The van der Waals surface area contributed by atoms with Crippen LogP contribution in [0.1, 0.15) is 31.2 Å². The van der Waals surface area contributed by atoms with Gasteiger partial charge in [0.25, 0.3) is 0 Å². The highest BCUT2D eigenvalue weighted by Crippen LogP contribution is 2.14. The molecule has 0 aliphatic rings. The average Bonchev–Trinajstić information content (AvgIpc) is 2.97. The van der Waals surface area contributed by atoms with Gasteiger partial charge in [-0.2, -0.15) is 5.10 Å². The van der Waals surface area contributed by atoms with Crippen molar-refractivity contribution >= 4 is 5.96 Å². The highest BCUT2D eigenvalue weighted by Gasteiger charge is 2.10. The van der Waals surface area contributed by atoms with Gasteiger partial charge in [-0.15, -0.1) is 0 Å². The fourth-order valence-corrected chi connectivity index (χ4v) is 2.77. The van der Waals surface area contributed by atoms with Crippen LogP contribution in [0.15, 0.2) is 35.3 Å². The average molecular weight is 375 g/mol. The molecule has 1 heterocycles. The predicted molar refractivity (Wildman–Crippen MR) is 107 cm³/mol. The molecule has 0 bridgehead atoms. The van der Waals surface area contributed by atoms with Crippen molar-refractivity contribution in [1.29, 1.82) is 0 Å². The summed E-state index contributed by atoms with van der Waals surface area (Å²) >= 11 is 0. The van der Waals surface area contributed by atoms with Gasteiger partial charge in [-0.05, 0) is 44.9 Å². The molecule has 0 fully saturated rings. The van der Waals surface area contributed by atoms with Crippen LogP contribution in [-0.2, 0) is 6.54 Å². The molecule has 0 saturated carbocycles. The Morgan fingerprint density at radius 3 is 2.74 bits per heavy atom. The standard InChI is InChI=1S/C20H30FN5O/c1-5-18(27-19-9-6-8-17(21)13-19)14-24-20(22-4)23-10-7-11-26-16(3)12-15(2)25-26/h6,8-9,12-13,18H,5,7,10-11,14H2,1-4H3,(H2,22,23,24). The largest absolute Gasteiger partial charge is 0.489 e. The number of halogens is 1. The van der Waals surface area contributed by atoms with Crippen molar-refractivity contribution in [1.82, 2.24) is 20.4 Å². The molecule has 0 spiro atoms. The summed E-state index contributed by atoms with van der Waals surface area (Å²) < 4.78 is 21.1. The molecule has 0 amide bonds. The van der Waals surface area contributed by atoms with E-state index in [1.807, 2.05) is 18.5 Å². The number of guanidine groups is 1. The molecule has 1 atom stereocenters. The lowest BCUT2D eigenvalue weighted by Gasteiger charge is -2.20. The van der Waals surface area contributed by atoms with E-state index in [2.05, 4.69) is 33.7 Å². The van der Waals surface area contributed by atoms with Crippen LogP contribution in [0, 0.1) is 19.7 Å². The summed E-state index contributed by atoms with van der Waals surface area (Å²) in [6.45, 7) is 8.35. The molecule has 1 unspecified atom stereocenters. The Balaban J connectivity index is 1.72. The van der Waals surface area contributed by atoms with Gasteiger partial charge in [0.1, 0.15) is 17.7 Å². The Morgan fingerprint density at radius 2 is 2.11 bits per heavy atom. The van der Waals surface area contributed by atoms with Crippen LogP contribution >= 0.6 is 0 Å². The monoisotopic (exact) mass is 375 g/mol. The van der Waals surface area contributed by atoms with Crippen molar-refractivity contribution in [3.63, 3.8) is 0 Å². The van der Waals surface area contributed by atoms with Gasteiger partial charge in [0.05, 0.1) is 12.2 Å². The summed E-state index contributed by atoms with van der Waals surface area (Å²) in [6, 6.07) is 8.29. The molecule has 7 heteroatoms. The fourth-order valence-electron chi connectivity index (χ4n) is 2.77. The van der Waals surface area contributed by atoms with Gasteiger partial charge in [0.2, 0.25) is 0 Å². The summed E-state index contributed by atoms with van der Waals surface area (Å²) in [5.41, 5.74) is 2.22. The van der Waals surface area contributed by atoms with Crippen molar-refractivity contribution in [3.8, 4) is 5.75 Å². The van der Waals surface area contributed by atoms with Crippen LogP contribution in [0.3, 0.4) is 0 Å². The predicted octanol–water partition coefficient (Wildman–Crippen LogP) is 3.05. The number of aromatic nitrogens is 2. The Hall–Kier alpha value is -2.57. The highest BCUT2D eigenvalue weighted by atomic mass is 19.1. The molecular formula is C20H30FN5O. The Labute approximate surface area is 160 Å². The molecule has 2 rings (SSSR count). The third-order valence-corrected chi connectivity index (χ3v) is 4.22. The molecule has 0 radical (unpaired) electrons. The van der Waals surface area contributed by atoms with Gasteiger partial charge in [-0.3, -0.25) is 9.67 Å².